The van der Waals surface area contributed by atoms with Gasteiger partial charge < -0.3 is 4.57 Å². The molecule has 2 aromatic carbocycles. The largest absolute Gasteiger partial charge is 0.336 e. The molecule has 10 heteroatoms. The summed E-state index contributed by atoms with van der Waals surface area (Å²) in [5.41, 5.74) is 0.719. The summed E-state index contributed by atoms with van der Waals surface area (Å²) < 4.78 is 52.8. The second-order valence-corrected chi connectivity index (χ2v) is 9.15. The van der Waals surface area contributed by atoms with Crippen LogP contribution >= 0.6 is 0 Å². The molecule has 0 fully saturated rings. The van der Waals surface area contributed by atoms with Crippen LogP contribution in [0.5, 0.6) is 0 Å². The van der Waals surface area contributed by atoms with Gasteiger partial charge in [-0.3, -0.25) is 0 Å². The van der Waals surface area contributed by atoms with E-state index in [2.05, 4.69) is 9.71 Å². The molecule has 1 heterocycles. The molecule has 0 saturated carbocycles. The van der Waals surface area contributed by atoms with Crippen molar-refractivity contribution in [2.24, 2.45) is 12.2 Å². The van der Waals surface area contributed by atoms with Crippen molar-refractivity contribution >= 4 is 20.0 Å². The van der Waals surface area contributed by atoms with E-state index in [0.717, 1.165) is 17.7 Å². The standard InChI is InChI=1S/C17H18N4O4S2/c1-21-12-11-19-17(21)16(13-5-3-2-4-6-13)20-27(24,25)15-9-7-14(8-10-15)26(18,22)23/h2-12,16,20H,1H3,(H2,18,22,23). The smallest absolute Gasteiger partial charge is 0.241 e. The van der Waals surface area contributed by atoms with E-state index in [9.17, 15) is 16.8 Å². The van der Waals surface area contributed by atoms with Crippen molar-refractivity contribution < 1.29 is 16.8 Å². The molecular formula is C17H18N4O4S2. The molecule has 142 valence electrons. The Kier molecular flexibility index (Phi) is 5.16. The number of aryl methyl sites for hydroxylation is 1. The Hall–Kier alpha value is -2.53. The number of nitrogens with two attached hydrogens (primary N) is 1. The zero-order valence-corrected chi connectivity index (χ0v) is 16.0. The average Bonchev–Trinajstić information content (AvgIpc) is 3.06. The van der Waals surface area contributed by atoms with Crippen molar-refractivity contribution in [3.63, 3.8) is 0 Å². The number of aromatic nitrogens is 2. The molecule has 0 radical (unpaired) electrons. The SMILES string of the molecule is Cn1ccnc1C(NS(=O)(=O)c1ccc(S(N)(=O)=O)cc1)c1ccccc1. The van der Waals surface area contributed by atoms with E-state index < -0.39 is 26.1 Å². The fourth-order valence-electron chi connectivity index (χ4n) is 2.60. The van der Waals surface area contributed by atoms with Crippen molar-refractivity contribution in [1.82, 2.24) is 14.3 Å². The van der Waals surface area contributed by atoms with Crippen molar-refractivity contribution in [2.75, 3.05) is 0 Å². The zero-order chi connectivity index (χ0) is 19.7. The van der Waals surface area contributed by atoms with E-state index in [1.165, 1.54) is 12.1 Å². The number of imidazole rings is 1. The van der Waals surface area contributed by atoms with E-state index in [1.807, 2.05) is 6.07 Å². The van der Waals surface area contributed by atoms with Gasteiger partial charge in [-0.2, -0.15) is 4.72 Å². The number of hydrogen-bond acceptors (Lipinski definition) is 5. The lowest BCUT2D eigenvalue weighted by molar-refractivity contribution is 0.562. The molecule has 0 saturated heterocycles. The third-order valence-corrected chi connectivity index (χ3v) is 6.35. The monoisotopic (exact) mass is 406 g/mol. The molecule has 27 heavy (non-hydrogen) atoms. The summed E-state index contributed by atoms with van der Waals surface area (Å²) in [5, 5.41) is 5.05. The summed E-state index contributed by atoms with van der Waals surface area (Å²) >= 11 is 0. The second kappa shape index (κ2) is 7.24. The summed E-state index contributed by atoms with van der Waals surface area (Å²) in [6.45, 7) is 0. The van der Waals surface area contributed by atoms with E-state index in [0.29, 0.717) is 5.82 Å². The van der Waals surface area contributed by atoms with Crippen LogP contribution < -0.4 is 9.86 Å². The highest BCUT2D eigenvalue weighted by Crippen LogP contribution is 2.23. The molecule has 0 amide bonds. The lowest BCUT2D eigenvalue weighted by Gasteiger charge is -2.19. The van der Waals surface area contributed by atoms with Crippen LogP contribution in [0.25, 0.3) is 0 Å². The second-order valence-electron chi connectivity index (χ2n) is 5.88. The molecule has 0 aliphatic carbocycles. The molecule has 0 aliphatic rings. The van der Waals surface area contributed by atoms with E-state index >= 15 is 0 Å². The predicted octanol–water partition coefficient (Wildman–Crippen LogP) is 1.14. The molecule has 3 rings (SSSR count). The Morgan fingerprint density at radius 1 is 0.963 bits per heavy atom. The van der Waals surface area contributed by atoms with Crippen LogP contribution in [-0.4, -0.2) is 26.4 Å². The quantitative estimate of drug-likeness (QED) is 0.635. The first-order chi connectivity index (χ1) is 12.7. The normalized spacial score (nSPS) is 13.4. The molecule has 8 nitrogen and oxygen atoms in total. The molecule has 0 aliphatic heterocycles. The van der Waals surface area contributed by atoms with Gasteiger partial charge in [-0.05, 0) is 29.8 Å². The van der Waals surface area contributed by atoms with Crippen molar-refractivity contribution in [3.05, 3.63) is 78.4 Å². The van der Waals surface area contributed by atoms with Crippen LogP contribution in [0.1, 0.15) is 17.4 Å². The maximum absolute atomic E-state index is 12.9. The van der Waals surface area contributed by atoms with Gasteiger partial charge in [0.2, 0.25) is 20.0 Å². The lowest BCUT2D eigenvalue weighted by atomic mass is 10.1. The van der Waals surface area contributed by atoms with Crippen LogP contribution in [0.4, 0.5) is 0 Å². The Balaban J connectivity index is 1.99. The number of nitrogens with one attached hydrogen (secondary N) is 1. The summed E-state index contributed by atoms with van der Waals surface area (Å²) in [4.78, 5) is 4.02. The molecule has 3 N–H and O–H groups in total. The molecule has 1 unspecified atom stereocenters. The van der Waals surface area contributed by atoms with Gasteiger partial charge in [0.15, 0.2) is 0 Å². The summed E-state index contributed by atoms with van der Waals surface area (Å²) in [6, 6.07) is 13.0. The van der Waals surface area contributed by atoms with Gasteiger partial charge in [-0.15, -0.1) is 0 Å². The topological polar surface area (TPSA) is 124 Å². The highest BCUT2D eigenvalue weighted by molar-refractivity contribution is 7.89. The Bertz CT molecular complexity index is 1140. The number of nitrogens with zero attached hydrogens (tertiary/aromatic N) is 2. The molecule has 0 spiro atoms. The number of sulfonamides is 2. The molecule has 1 aromatic heterocycles. The number of hydrogen-bond donors (Lipinski definition) is 2. The van der Waals surface area contributed by atoms with Crippen LogP contribution in [-0.2, 0) is 27.1 Å². The number of benzene rings is 2. The van der Waals surface area contributed by atoms with E-state index in [4.69, 9.17) is 5.14 Å². The summed E-state index contributed by atoms with van der Waals surface area (Å²) in [5.74, 6) is 0.519. The van der Waals surface area contributed by atoms with E-state index in [1.54, 1.807) is 48.3 Å². The summed E-state index contributed by atoms with van der Waals surface area (Å²) in [7, 11) is -6.08. The van der Waals surface area contributed by atoms with Gasteiger partial charge in [-0.1, -0.05) is 30.3 Å². The first-order valence-electron chi connectivity index (χ1n) is 7.86. The van der Waals surface area contributed by atoms with Gasteiger partial charge in [0.25, 0.3) is 0 Å². The molecule has 1 atom stereocenters. The van der Waals surface area contributed by atoms with Gasteiger partial charge in [-0.25, -0.2) is 27.0 Å². The first-order valence-corrected chi connectivity index (χ1v) is 10.9. The predicted molar refractivity (Wildman–Crippen MR) is 99.6 cm³/mol. The number of primary sulfonamides is 1. The minimum absolute atomic E-state index is 0.0787. The third kappa shape index (κ3) is 4.25. The Morgan fingerprint density at radius 2 is 1.56 bits per heavy atom. The first kappa shape index (κ1) is 19.2. The Labute approximate surface area is 157 Å². The van der Waals surface area contributed by atoms with Crippen molar-refractivity contribution in [3.8, 4) is 0 Å². The lowest BCUT2D eigenvalue weighted by Crippen LogP contribution is -2.31. The van der Waals surface area contributed by atoms with Crippen molar-refractivity contribution in [2.45, 2.75) is 15.8 Å². The van der Waals surface area contributed by atoms with Crippen molar-refractivity contribution in [1.29, 1.82) is 0 Å². The summed E-state index contributed by atoms with van der Waals surface area (Å²) in [6.07, 6.45) is 3.31. The zero-order valence-electron chi connectivity index (χ0n) is 14.3. The molecule has 3 aromatic rings. The highest BCUT2D eigenvalue weighted by atomic mass is 32.2. The fourth-order valence-corrected chi connectivity index (χ4v) is 4.30. The highest BCUT2D eigenvalue weighted by Gasteiger charge is 2.25. The van der Waals surface area contributed by atoms with Gasteiger partial charge >= 0.3 is 0 Å². The van der Waals surface area contributed by atoms with Crippen LogP contribution in [0.3, 0.4) is 0 Å². The van der Waals surface area contributed by atoms with Crippen LogP contribution in [0.15, 0.2) is 76.8 Å². The van der Waals surface area contributed by atoms with Gasteiger partial charge in [0.1, 0.15) is 11.9 Å². The third-order valence-electron chi connectivity index (χ3n) is 3.99. The van der Waals surface area contributed by atoms with Crippen LogP contribution in [0.2, 0.25) is 0 Å². The Morgan fingerprint density at radius 3 is 2.07 bits per heavy atom. The van der Waals surface area contributed by atoms with Gasteiger partial charge in [0.05, 0.1) is 9.79 Å². The maximum Gasteiger partial charge on any atom is 0.241 e. The number of rotatable bonds is 6. The molecular weight excluding hydrogens is 388 g/mol. The average molecular weight is 406 g/mol. The molecule has 0 bridgehead atoms. The van der Waals surface area contributed by atoms with E-state index in [-0.39, 0.29) is 9.79 Å². The fraction of sp³-hybridized carbons (Fsp3) is 0.118. The minimum Gasteiger partial charge on any atom is -0.336 e. The minimum atomic E-state index is -3.95. The van der Waals surface area contributed by atoms with Crippen LogP contribution in [0, 0.1) is 0 Å². The van der Waals surface area contributed by atoms with Gasteiger partial charge in [0, 0.05) is 19.4 Å². The maximum atomic E-state index is 12.9.